The number of hydrogen-bond acceptors (Lipinski definition) is 3. The molecule has 4 nitrogen and oxygen atoms in total. The highest BCUT2D eigenvalue weighted by Crippen LogP contribution is 2.28. The van der Waals surface area contributed by atoms with Crippen molar-refractivity contribution in [3.05, 3.63) is 140 Å². The fourth-order valence-corrected chi connectivity index (χ4v) is 5.52. The third-order valence-corrected chi connectivity index (χ3v) is 7.26. The number of fused-ring (bicyclic) bond motifs is 2. The molecule has 0 radical (unpaired) electrons. The highest BCUT2D eigenvalue weighted by molar-refractivity contribution is 5.60. The van der Waals surface area contributed by atoms with E-state index in [2.05, 4.69) is 59.5 Å². The quantitative estimate of drug-likeness (QED) is 0.406. The summed E-state index contributed by atoms with van der Waals surface area (Å²) < 4.78 is 1.90. The van der Waals surface area contributed by atoms with Gasteiger partial charge in [-0.3, -0.25) is 14.3 Å². The van der Waals surface area contributed by atoms with Gasteiger partial charge >= 0.3 is 0 Å². The summed E-state index contributed by atoms with van der Waals surface area (Å²) in [4.78, 5) is 21.4. The summed E-state index contributed by atoms with van der Waals surface area (Å²) in [6.07, 6.45) is 6.26. The van der Waals surface area contributed by atoms with Crippen LogP contribution < -0.4 is 5.56 Å². The van der Waals surface area contributed by atoms with Gasteiger partial charge in [-0.05, 0) is 41.2 Å². The van der Waals surface area contributed by atoms with Crippen LogP contribution in [0.5, 0.6) is 0 Å². The summed E-state index contributed by atoms with van der Waals surface area (Å²) in [5.41, 5.74) is 8.06. The molecular formula is C31H29N3O. The Labute approximate surface area is 206 Å². The molecule has 1 aliphatic carbocycles. The Hall–Kier alpha value is -3.76. The molecule has 1 aliphatic heterocycles. The SMILES string of the molecule is Cc1nc2c(c(=O)n1C(c1ccccc1)c1ccccc1)CN(Cc1ccc3c(c1)C=CC3)CC2. The standard InChI is InChI=1S/C31H29N3O/c1-22-32-29-17-18-33(20-23-15-16-24-13-8-14-27(24)19-23)21-28(29)31(35)34(22)30(25-9-4-2-5-10-25)26-11-6-3-7-12-26/h2-12,14-16,19,30H,13,17-18,20-21H2,1H3. The lowest BCUT2D eigenvalue weighted by atomic mass is 9.97. The van der Waals surface area contributed by atoms with Gasteiger partial charge in [0.1, 0.15) is 5.82 Å². The summed E-state index contributed by atoms with van der Waals surface area (Å²) in [6, 6.07) is 27.1. The van der Waals surface area contributed by atoms with Crippen LogP contribution in [0, 0.1) is 6.92 Å². The predicted molar refractivity (Wildman–Crippen MR) is 140 cm³/mol. The monoisotopic (exact) mass is 459 g/mol. The maximum Gasteiger partial charge on any atom is 0.259 e. The van der Waals surface area contributed by atoms with Crippen molar-refractivity contribution in [2.24, 2.45) is 0 Å². The normalized spacial score (nSPS) is 14.8. The first-order valence-corrected chi connectivity index (χ1v) is 12.4. The maximum atomic E-state index is 14.1. The smallest absolute Gasteiger partial charge is 0.259 e. The molecule has 0 amide bonds. The first-order valence-electron chi connectivity index (χ1n) is 12.4. The number of benzene rings is 3. The Bertz CT molecular complexity index is 1410. The molecule has 0 fully saturated rings. The molecule has 4 aromatic rings. The molecule has 6 rings (SSSR count). The zero-order chi connectivity index (χ0) is 23.8. The molecule has 0 saturated carbocycles. The molecule has 0 atom stereocenters. The number of hydrogen-bond donors (Lipinski definition) is 0. The molecule has 4 heteroatoms. The topological polar surface area (TPSA) is 38.1 Å². The number of aryl methyl sites for hydroxylation is 1. The molecule has 35 heavy (non-hydrogen) atoms. The lowest BCUT2D eigenvalue weighted by molar-refractivity contribution is 0.240. The third-order valence-electron chi connectivity index (χ3n) is 7.26. The average Bonchev–Trinajstić information content (AvgIpc) is 3.36. The van der Waals surface area contributed by atoms with Gasteiger partial charge in [-0.2, -0.15) is 0 Å². The van der Waals surface area contributed by atoms with Crippen LogP contribution in [0.25, 0.3) is 6.08 Å². The lowest BCUT2D eigenvalue weighted by Gasteiger charge is -2.30. The van der Waals surface area contributed by atoms with Gasteiger partial charge in [0.2, 0.25) is 0 Å². The highest BCUT2D eigenvalue weighted by atomic mass is 16.1. The van der Waals surface area contributed by atoms with Crippen LogP contribution in [-0.4, -0.2) is 21.0 Å². The van der Waals surface area contributed by atoms with Crippen molar-refractivity contribution in [3.8, 4) is 0 Å². The van der Waals surface area contributed by atoms with Crippen LogP contribution in [-0.2, 0) is 25.9 Å². The second kappa shape index (κ2) is 9.12. The summed E-state index contributed by atoms with van der Waals surface area (Å²) >= 11 is 0. The molecule has 0 spiro atoms. The third kappa shape index (κ3) is 4.15. The van der Waals surface area contributed by atoms with E-state index in [-0.39, 0.29) is 11.6 Å². The van der Waals surface area contributed by atoms with Crippen molar-refractivity contribution in [2.75, 3.05) is 6.54 Å². The van der Waals surface area contributed by atoms with E-state index in [1.807, 2.05) is 47.9 Å². The molecule has 0 N–H and O–H groups in total. The number of allylic oxidation sites excluding steroid dienone is 1. The van der Waals surface area contributed by atoms with Crippen molar-refractivity contribution >= 4 is 6.08 Å². The first-order chi connectivity index (χ1) is 17.2. The number of aromatic nitrogens is 2. The molecule has 0 bridgehead atoms. The minimum atomic E-state index is -0.207. The van der Waals surface area contributed by atoms with Crippen molar-refractivity contribution in [3.63, 3.8) is 0 Å². The fourth-order valence-electron chi connectivity index (χ4n) is 5.52. The van der Waals surface area contributed by atoms with Crippen molar-refractivity contribution in [1.82, 2.24) is 14.5 Å². The Balaban J connectivity index is 1.37. The second-order valence-electron chi connectivity index (χ2n) is 9.58. The van der Waals surface area contributed by atoms with Crippen LogP contribution in [0.2, 0.25) is 0 Å². The molecule has 174 valence electrons. The summed E-state index contributed by atoms with van der Waals surface area (Å²) in [5.74, 6) is 0.769. The van der Waals surface area contributed by atoms with Crippen LogP contribution >= 0.6 is 0 Å². The Morgan fingerprint density at radius 1 is 0.943 bits per heavy atom. The molecular weight excluding hydrogens is 430 g/mol. The van der Waals surface area contributed by atoms with Gasteiger partial charge in [-0.15, -0.1) is 0 Å². The first kappa shape index (κ1) is 21.8. The Kier molecular flexibility index (Phi) is 5.67. The minimum absolute atomic E-state index is 0.0757. The highest BCUT2D eigenvalue weighted by Gasteiger charge is 2.27. The van der Waals surface area contributed by atoms with Crippen molar-refractivity contribution < 1.29 is 0 Å². The van der Waals surface area contributed by atoms with Crippen LogP contribution in [0.15, 0.2) is 89.7 Å². The van der Waals surface area contributed by atoms with E-state index in [0.717, 1.165) is 54.1 Å². The van der Waals surface area contributed by atoms with Gasteiger partial charge in [-0.25, -0.2) is 4.98 Å². The zero-order valence-electron chi connectivity index (χ0n) is 20.0. The van der Waals surface area contributed by atoms with Crippen LogP contribution in [0.3, 0.4) is 0 Å². The number of nitrogens with zero attached hydrogens (tertiary/aromatic N) is 3. The van der Waals surface area contributed by atoms with Gasteiger partial charge in [0.25, 0.3) is 5.56 Å². The van der Waals surface area contributed by atoms with Gasteiger partial charge in [-0.1, -0.05) is 91.0 Å². The van der Waals surface area contributed by atoms with Gasteiger partial charge < -0.3 is 0 Å². The van der Waals surface area contributed by atoms with Gasteiger partial charge in [0.15, 0.2) is 0 Å². The molecule has 1 aromatic heterocycles. The molecule has 0 unspecified atom stereocenters. The Morgan fingerprint density at radius 3 is 2.37 bits per heavy atom. The van der Waals surface area contributed by atoms with E-state index in [1.165, 1.54) is 16.7 Å². The average molecular weight is 460 g/mol. The van der Waals surface area contributed by atoms with E-state index in [0.29, 0.717) is 6.54 Å². The lowest BCUT2D eigenvalue weighted by Crippen LogP contribution is -2.40. The summed E-state index contributed by atoms with van der Waals surface area (Å²) in [7, 11) is 0. The van der Waals surface area contributed by atoms with Crippen molar-refractivity contribution in [2.45, 2.75) is 38.9 Å². The molecule has 3 aromatic carbocycles. The second-order valence-corrected chi connectivity index (χ2v) is 9.58. The summed E-state index contributed by atoms with van der Waals surface area (Å²) in [6.45, 7) is 4.35. The van der Waals surface area contributed by atoms with Crippen molar-refractivity contribution in [1.29, 1.82) is 0 Å². The fraction of sp³-hybridized carbons (Fsp3) is 0.226. The van der Waals surface area contributed by atoms with E-state index in [4.69, 9.17) is 4.98 Å². The zero-order valence-corrected chi connectivity index (χ0v) is 20.0. The Morgan fingerprint density at radius 2 is 1.66 bits per heavy atom. The predicted octanol–water partition coefficient (Wildman–Crippen LogP) is 5.32. The number of rotatable bonds is 5. The van der Waals surface area contributed by atoms with E-state index >= 15 is 0 Å². The van der Waals surface area contributed by atoms with E-state index < -0.39 is 0 Å². The van der Waals surface area contributed by atoms with Crippen LogP contribution in [0.1, 0.15) is 50.9 Å². The van der Waals surface area contributed by atoms with E-state index in [9.17, 15) is 4.79 Å². The molecule has 2 aliphatic rings. The molecule has 0 saturated heterocycles. The summed E-state index contributed by atoms with van der Waals surface area (Å²) in [5, 5.41) is 0. The molecule has 2 heterocycles. The minimum Gasteiger partial charge on any atom is -0.294 e. The van der Waals surface area contributed by atoms with E-state index in [1.54, 1.807) is 0 Å². The largest absolute Gasteiger partial charge is 0.294 e. The van der Waals surface area contributed by atoms with Gasteiger partial charge in [0, 0.05) is 26.1 Å². The maximum absolute atomic E-state index is 14.1. The van der Waals surface area contributed by atoms with Gasteiger partial charge in [0.05, 0.1) is 17.3 Å². The van der Waals surface area contributed by atoms with Crippen LogP contribution in [0.4, 0.5) is 0 Å².